The second-order valence-electron chi connectivity index (χ2n) is 3.89. The number of carbonyl (C=O) groups is 1. The van der Waals surface area contributed by atoms with Gasteiger partial charge in [-0.2, -0.15) is 5.10 Å². The Kier molecular flexibility index (Phi) is 4.29. The van der Waals surface area contributed by atoms with Gasteiger partial charge in [0.15, 0.2) is 11.5 Å². The summed E-state index contributed by atoms with van der Waals surface area (Å²) in [5.41, 5.74) is 8.09. The number of nitrogens with zero attached hydrogens (tertiary/aromatic N) is 5. The van der Waals surface area contributed by atoms with E-state index < -0.39 is 5.91 Å². The third kappa shape index (κ3) is 3.43. The van der Waals surface area contributed by atoms with Gasteiger partial charge in [-0.3, -0.25) is 4.79 Å². The molecule has 110 valence electrons. The fourth-order valence-electron chi connectivity index (χ4n) is 1.48. The van der Waals surface area contributed by atoms with Crippen LogP contribution in [0.3, 0.4) is 0 Å². The maximum Gasteiger partial charge on any atom is 0.261 e. The Morgan fingerprint density at radius 2 is 2.43 bits per heavy atom. The molecule has 0 spiro atoms. The van der Waals surface area contributed by atoms with Gasteiger partial charge in [0.1, 0.15) is 6.54 Å². The number of aromatic nitrogens is 4. The summed E-state index contributed by atoms with van der Waals surface area (Å²) in [5, 5.41) is 23.8. The lowest BCUT2D eigenvalue weighted by atomic mass is 10.2. The summed E-state index contributed by atoms with van der Waals surface area (Å²) >= 11 is 0. The van der Waals surface area contributed by atoms with Gasteiger partial charge < -0.3 is 15.6 Å². The number of hydrazone groups is 1. The average Bonchev–Trinajstić information content (AvgIpc) is 2.86. The smallest absolute Gasteiger partial charge is 0.261 e. The predicted molar refractivity (Wildman–Crippen MR) is 72.6 cm³/mol. The van der Waals surface area contributed by atoms with E-state index in [9.17, 15) is 9.90 Å². The summed E-state index contributed by atoms with van der Waals surface area (Å²) in [4.78, 5) is 11.6. The van der Waals surface area contributed by atoms with E-state index in [-0.39, 0.29) is 18.2 Å². The number of rotatable bonds is 5. The number of carbonyl (C=O) groups excluding carboxylic acids is 1. The summed E-state index contributed by atoms with van der Waals surface area (Å²) in [5.74, 6) is -0.193. The molecule has 0 radical (unpaired) electrons. The number of nitrogens with two attached hydrogens (primary N) is 1. The second-order valence-corrected chi connectivity index (χ2v) is 3.89. The predicted octanol–water partition coefficient (Wildman–Crippen LogP) is -0.880. The quantitative estimate of drug-likeness (QED) is 0.480. The van der Waals surface area contributed by atoms with E-state index in [4.69, 9.17) is 10.5 Å². The third-order valence-electron chi connectivity index (χ3n) is 2.50. The fraction of sp³-hybridized carbons (Fsp3) is 0.182. The Hall–Kier alpha value is -3.17. The van der Waals surface area contributed by atoms with Crippen molar-refractivity contribution in [2.45, 2.75) is 6.54 Å². The van der Waals surface area contributed by atoms with Crippen LogP contribution < -0.4 is 15.9 Å². The highest BCUT2D eigenvalue weighted by Gasteiger charge is 2.07. The molecule has 10 heteroatoms. The Balaban J connectivity index is 1.96. The highest BCUT2D eigenvalue weighted by atomic mass is 16.5. The molecule has 0 aliphatic carbocycles. The molecule has 1 heterocycles. The van der Waals surface area contributed by atoms with Crippen LogP contribution in [-0.2, 0) is 11.3 Å². The number of phenolic OH excluding ortho intramolecular Hbond substituents is 1. The van der Waals surface area contributed by atoms with Gasteiger partial charge in [-0.05, 0) is 22.6 Å². The van der Waals surface area contributed by atoms with Gasteiger partial charge >= 0.3 is 0 Å². The number of amides is 1. The van der Waals surface area contributed by atoms with Gasteiger partial charge in [-0.15, -0.1) is 0 Å². The molecule has 10 nitrogen and oxygen atoms in total. The highest BCUT2D eigenvalue weighted by molar-refractivity contribution is 5.86. The molecule has 1 aromatic heterocycles. The van der Waals surface area contributed by atoms with Crippen molar-refractivity contribution in [3.63, 3.8) is 0 Å². The molecule has 0 bridgehead atoms. The second kappa shape index (κ2) is 6.32. The molecule has 1 aromatic carbocycles. The Labute approximate surface area is 119 Å². The van der Waals surface area contributed by atoms with Crippen LogP contribution in [0.25, 0.3) is 0 Å². The number of hydrogen-bond donors (Lipinski definition) is 3. The van der Waals surface area contributed by atoms with Gasteiger partial charge in [0.2, 0.25) is 5.95 Å². The SMILES string of the molecule is COc1cccc(/C=N\NC(=O)Cn2nnnc2N)c1O. The highest BCUT2D eigenvalue weighted by Crippen LogP contribution is 2.27. The Morgan fingerprint density at radius 3 is 3.10 bits per heavy atom. The number of hydrogen-bond acceptors (Lipinski definition) is 8. The van der Waals surface area contributed by atoms with Crippen molar-refractivity contribution in [3.05, 3.63) is 23.8 Å². The van der Waals surface area contributed by atoms with Crippen LogP contribution in [-0.4, -0.2) is 44.5 Å². The molecule has 2 aromatic rings. The Bertz CT molecular complexity index is 668. The van der Waals surface area contributed by atoms with Crippen molar-refractivity contribution in [3.8, 4) is 11.5 Å². The van der Waals surface area contributed by atoms with Crippen molar-refractivity contribution >= 4 is 18.1 Å². The van der Waals surface area contributed by atoms with Crippen molar-refractivity contribution in [1.82, 2.24) is 25.6 Å². The van der Waals surface area contributed by atoms with E-state index in [1.165, 1.54) is 13.3 Å². The number of nitrogens with one attached hydrogen (secondary N) is 1. The first-order valence-corrected chi connectivity index (χ1v) is 5.81. The molecular formula is C11H13N7O3. The fourth-order valence-corrected chi connectivity index (χ4v) is 1.48. The lowest BCUT2D eigenvalue weighted by molar-refractivity contribution is -0.121. The number of ether oxygens (including phenoxy) is 1. The summed E-state index contributed by atoms with van der Waals surface area (Å²) < 4.78 is 6.08. The molecule has 0 atom stereocenters. The first kappa shape index (κ1) is 14.2. The Morgan fingerprint density at radius 1 is 1.62 bits per heavy atom. The number of anilines is 1. The normalized spacial score (nSPS) is 10.7. The lowest BCUT2D eigenvalue weighted by Gasteiger charge is -2.05. The lowest BCUT2D eigenvalue weighted by Crippen LogP contribution is -2.24. The minimum absolute atomic E-state index is 0.0274. The molecule has 1 amide bonds. The van der Waals surface area contributed by atoms with E-state index >= 15 is 0 Å². The van der Waals surface area contributed by atoms with E-state index in [0.29, 0.717) is 11.3 Å². The number of methoxy groups -OCH3 is 1. The van der Waals surface area contributed by atoms with Gasteiger partial charge in [0, 0.05) is 5.56 Å². The summed E-state index contributed by atoms with van der Waals surface area (Å²) in [6, 6.07) is 4.90. The number of benzene rings is 1. The van der Waals surface area contributed by atoms with Crippen molar-refractivity contribution in [2.75, 3.05) is 12.8 Å². The maximum absolute atomic E-state index is 11.6. The van der Waals surface area contributed by atoms with Crippen molar-refractivity contribution < 1.29 is 14.6 Å². The van der Waals surface area contributed by atoms with E-state index in [0.717, 1.165) is 4.68 Å². The standard InChI is InChI=1S/C11H13N7O3/c1-21-8-4-2-3-7(10(8)20)5-13-14-9(19)6-18-11(12)15-16-17-18/h2-5,20H,6H2,1H3,(H,14,19)(H2,12,15,17)/b13-5-. The molecular weight excluding hydrogens is 278 g/mol. The van der Waals surface area contributed by atoms with Gasteiger partial charge in [0.05, 0.1) is 13.3 Å². The van der Waals surface area contributed by atoms with E-state index in [1.54, 1.807) is 18.2 Å². The van der Waals surface area contributed by atoms with Gasteiger partial charge in [-0.25, -0.2) is 10.1 Å². The van der Waals surface area contributed by atoms with Crippen molar-refractivity contribution in [1.29, 1.82) is 0 Å². The minimum atomic E-state index is -0.465. The average molecular weight is 291 g/mol. The summed E-state index contributed by atoms with van der Waals surface area (Å²) in [6.45, 7) is -0.166. The number of aromatic hydroxyl groups is 1. The number of tetrazole rings is 1. The van der Waals surface area contributed by atoms with Crippen LogP contribution in [0.15, 0.2) is 23.3 Å². The monoisotopic (exact) mass is 291 g/mol. The van der Waals surface area contributed by atoms with Crippen LogP contribution in [0.5, 0.6) is 11.5 Å². The molecule has 0 fully saturated rings. The largest absolute Gasteiger partial charge is 0.504 e. The molecule has 0 aliphatic rings. The van der Waals surface area contributed by atoms with Crippen LogP contribution in [0, 0.1) is 0 Å². The molecule has 2 rings (SSSR count). The molecule has 0 saturated carbocycles. The zero-order chi connectivity index (χ0) is 15.2. The number of phenols is 1. The van der Waals surface area contributed by atoms with E-state index in [1.807, 2.05) is 0 Å². The van der Waals surface area contributed by atoms with Gasteiger partial charge in [0.25, 0.3) is 5.91 Å². The van der Waals surface area contributed by atoms with E-state index in [2.05, 4.69) is 26.1 Å². The van der Waals surface area contributed by atoms with Crippen molar-refractivity contribution in [2.24, 2.45) is 5.10 Å². The number of nitrogen functional groups attached to an aromatic ring is 1. The molecule has 0 saturated heterocycles. The molecule has 4 N–H and O–H groups in total. The molecule has 0 unspecified atom stereocenters. The van der Waals surface area contributed by atoms with Crippen LogP contribution in [0.2, 0.25) is 0 Å². The summed E-state index contributed by atoms with van der Waals surface area (Å²) in [7, 11) is 1.44. The third-order valence-corrected chi connectivity index (χ3v) is 2.50. The first-order valence-electron chi connectivity index (χ1n) is 5.81. The zero-order valence-corrected chi connectivity index (χ0v) is 11.1. The topological polar surface area (TPSA) is 141 Å². The number of para-hydroxylation sites is 1. The van der Waals surface area contributed by atoms with Crippen LogP contribution >= 0.6 is 0 Å². The van der Waals surface area contributed by atoms with Gasteiger partial charge in [-0.1, -0.05) is 11.2 Å². The summed E-state index contributed by atoms with van der Waals surface area (Å²) in [6.07, 6.45) is 1.29. The molecule has 21 heavy (non-hydrogen) atoms. The van der Waals surface area contributed by atoms with Crippen LogP contribution in [0.4, 0.5) is 5.95 Å². The maximum atomic E-state index is 11.6. The first-order chi connectivity index (χ1) is 10.1. The molecule has 0 aliphatic heterocycles. The minimum Gasteiger partial charge on any atom is -0.504 e. The van der Waals surface area contributed by atoms with Crippen LogP contribution in [0.1, 0.15) is 5.56 Å². The zero-order valence-electron chi connectivity index (χ0n) is 11.1.